The van der Waals surface area contributed by atoms with Crippen LogP contribution in [-0.2, 0) is 4.74 Å². The average molecular weight is 272 g/mol. The van der Waals surface area contributed by atoms with E-state index in [9.17, 15) is 0 Å². The maximum atomic E-state index is 5.18. The zero-order valence-corrected chi connectivity index (χ0v) is 12.8. The summed E-state index contributed by atoms with van der Waals surface area (Å²) in [7, 11) is 3.81. The second-order valence-corrected chi connectivity index (χ2v) is 5.44. The molecule has 0 spiro atoms. The maximum absolute atomic E-state index is 5.18. The normalized spacial score (nSPS) is 13.3. The third-order valence-electron chi connectivity index (χ3n) is 3.00. The first kappa shape index (κ1) is 15.3. The maximum Gasteiger partial charge on any atom is 0.202 e. The summed E-state index contributed by atoms with van der Waals surface area (Å²) in [6.07, 6.45) is 1.06. The molecule has 1 atom stereocenters. The van der Waals surface area contributed by atoms with E-state index in [0.29, 0.717) is 6.04 Å². The Kier molecular flexibility index (Phi) is 6.52. The Morgan fingerprint density at radius 2 is 2.11 bits per heavy atom. The fourth-order valence-electron chi connectivity index (χ4n) is 1.36. The van der Waals surface area contributed by atoms with E-state index in [0.717, 1.165) is 30.5 Å². The van der Waals surface area contributed by atoms with E-state index in [1.807, 2.05) is 6.92 Å². The van der Waals surface area contributed by atoms with E-state index in [1.165, 1.54) is 11.5 Å². The second kappa shape index (κ2) is 7.66. The van der Waals surface area contributed by atoms with Crippen molar-refractivity contribution in [3.63, 3.8) is 0 Å². The highest BCUT2D eigenvalue weighted by Crippen LogP contribution is 2.18. The Bertz CT molecular complexity index is 343. The van der Waals surface area contributed by atoms with Gasteiger partial charge in [0.15, 0.2) is 5.82 Å². The molecule has 0 aliphatic heterocycles. The first-order valence-electron chi connectivity index (χ1n) is 6.35. The van der Waals surface area contributed by atoms with Gasteiger partial charge in [0.05, 0.1) is 0 Å². The smallest absolute Gasteiger partial charge is 0.202 e. The van der Waals surface area contributed by atoms with Gasteiger partial charge in [-0.05, 0) is 40.8 Å². The Hall–Kier alpha value is -0.720. The summed E-state index contributed by atoms with van der Waals surface area (Å²) < 4.78 is 9.44. The molecule has 0 saturated heterocycles. The van der Waals surface area contributed by atoms with Gasteiger partial charge in [-0.1, -0.05) is 0 Å². The molecule has 0 radical (unpaired) electrons. The molecule has 0 amide bonds. The molecular weight excluding hydrogens is 248 g/mol. The Morgan fingerprint density at radius 3 is 2.72 bits per heavy atom. The van der Waals surface area contributed by atoms with Crippen molar-refractivity contribution in [1.82, 2.24) is 14.3 Å². The fraction of sp³-hybridized carbons (Fsp3) is 0.833. The standard InChI is InChI=1S/C12H24N4OS/c1-9(2)16(4)8-6-7-13-12-14-11(15-18-12)10(3)17-5/h9-10H,6-8H2,1-5H3,(H,13,14,15). The molecule has 0 aliphatic carbocycles. The molecular formula is C12H24N4OS. The topological polar surface area (TPSA) is 50.3 Å². The summed E-state index contributed by atoms with van der Waals surface area (Å²) in [4.78, 5) is 6.72. The fourth-order valence-corrected chi connectivity index (χ4v) is 2.03. The van der Waals surface area contributed by atoms with Crippen molar-refractivity contribution in [3.05, 3.63) is 5.82 Å². The predicted octanol–water partition coefficient (Wildman–Crippen LogP) is 2.39. The largest absolute Gasteiger partial charge is 0.374 e. The zero-order valence-electron chi connectivity index (χ0n) is 11.9. The van der Waals surface area contributed by atoms with E-state index < -0.39 is 0 Å². The molecule has 6 heteroatoms. The zero-order chi connectivity index (χ0) is 13.5. The number of nitrogens with one attached hydrogen (secondary N) is 1. The van der Waals surface area contributed by atoms with E-state index >= 15 is 0 Å². The quantitative estimate of drug-likeness (QED) is 0.736. The number of hydrogen-bond acceptors (Lipinski definition) is 6. The first-order valence-corrected chi connectivity index (χ1v) is 7.12. The van der Waals surface area contributed by atoms with Crippen LogP contribution in [0, 0.1) is 0 Å². The van der Waals surface area contributed by atoms with Crippen LogP contribution in [0.5, 0.6) is 0 Å². The second-order valence-electron chi connectivity index (χ2n) is 4.69. The van der Waals surface area contributed by atoms with E-state index in [4.69, 9.17) is 4.74 Å². The van der Waals surface area contributed by atoms with Gasteiger partial charge in [-0.3, -0.25) is 0 Å². The highest BCUT2D eigenvalue weighted by molar-refractivity contribution is 7.09. The molecule has 0 aromatic carbocycles. The number of hydrogen-bond donors (Lipinski definition) is 1. The van der Waals surface area contributed by atoms with Gasteiger partial charge in [0.25, 0.3) is 0 Å². The first-order chi connectivity index (χ1) is 8.54. The Morgan fingerprint density at radius 1 is 1.39 bits per heavy atom. The van der Waals surface area contributed by atoms with E-state index in [2.05, 4.69) is 40.5 Å². The van der Waals surface area contributed by atoms with Crippen molar-refractivity contribution in [2.24, 2.45) is 0 Å². The molecule has 104 valence electrons. The lowest BCUT2D eigenvalue weighted by molar-refractivity contribution is 0.113. The minimum absolute atomic E-state index is 0.0381. The minimum atomic E-state index is -0.0381. The van der Waals surface area contributed by atoms with Gasteiger partial charge in [-0.15, -0.1) is 0 Å². The van der Waals surface area contributed by atoms with Crippen LogP contribution in [0.4, 0.5) is 5.13 Å². The lowest BCUT2D eigenvalue weighted by atomic mass is 10.3. The van der Waals surface area contributed by atoms with Gasteiger partial charge in [0, 0.05) is 31.2 Å². The van der Waals surface area contributed by atoms with Crippen molar-refractivity contribution < 1.29 is 4.74 Å². The molecule has 1 unspecified atom stereocenters. The van der Waals surface area contributed by atoms with Gasteiger partial charge in [0.1, 0.15) is 6.10 Å². The summed E-state index contributed by atoms with van der Waals surface area (Å²) >= 11 is 1.39. The van der Waals surface area contributed by atoms with Crippen LogP contribution in [0.3, 0.4) is 0 Å². The van der Waals surface area contributed by atoms with Crippen LogP contribution in [-0.4, -0.2) is 47.5 Å². The Balaban J connectivity index is 2.25. The number of rotatable bonds is 8. The summed E-state index contributed by atoms with van der Waals surface area (Å²) in [6.45, 7) is 8.37. The van der Waals surface area contributed by atoms with Gasteiger partial charge < -0.3 is 15.0 Å². The lowest BCUT2D eigenvalue weighted by Gasteiger charge is -2.20. The number of aromatic nitrogens is 2. The molecule has 1 heterocycles. The predicted molar refractivity (Wildman–Crippen MR) is 76.2 cm³/mol. The number of ether oxygens (including phenoxy) is 1. The molecule has 18 heavy (non-hydrogen) atoms. The lowest BCUT2D eigenvalue weighted by Crippen LogP contribution is -2.28. The highest BCUT2D eigenvalue weighted by Gasteiger charge is 2.10. The van der Waals surface area contributed by atoms with E-state index in [1.54, 1.807) is 7.11 Å². The van der Waals surface area contributed by atoms with E-state index in [-0.39, 0.29) is 6.10 Å². The molecule has 1 aromatic heterocycles. The summed E-state index contributed by atoms with van der Waals surface area (Å²) in [6, 6.07) is 0.598. The molecule has 0 bridgehead atoms. The van der Waals surface area contributed by atoms with Crippen LogP contribution in [0.2, 0.25) is 0 Å². The molecule has 1 aromatic rings. The van der Waals surface area contributed by atoms with Crippen LogP contribution in [0.25, 0.3) is 0 Å². The molecule has 0 fully saturated rings. The molecule has 1 rings (SSSR count). The van der Waals surface area contributed by atoms with Gasteiger partial charge in [-0.25, -0.2) is 4.98 Å². The average Bonchev–Trinajstić information content (AvgIpc) is 2.81. The van der Waals surface area contributed by atoms with Crippen molar-refractivity contribution in [1.29, 1.82) is 0 Å². The number of methoxy groups -OCH3 is 1. The highest BCUT2D eigenvalue weighted by atomic mass is 32.1. The number of nitrogens with zero attached hydrogens (tertiary/aromatic N) is 3. The third kappa shape index (κ3) is 4.88. The minimum Gasteiger partial charge on any atom is -0.374 e. The van der Waals surface area contributed by atoms with Crippen LogP contribution < -0.4 is 5.32 Å². The third-order valence-corrected chi connectivity index (χ3v) is 3.69. The molecule has 5 nitrogen and oxygen atoms in total. The number of anilines is 1. The van der Waals surface area contributed by atoms with Crippen LogP contribution in [0.1, 0.15) is 39.1 Å². The van der Waals surface area contributed by atoms with Gasteiger partial charge in [-0.2, -0.15) is 4.37 Å². The summed E-state index contributed by atoms with van der Waals surface area (Å²) in [5.74, 6) is 0.754. The van der Waals surface area contributed by atoms with Crippen LogP contribution >= 0.6 is 11.5 Å². The SMILES string of the molecule is COC(C)c1nsc(NCCCN(C)C(C)C)n1. The summed E-state index contributed by atoms with van der Waals surface area (Å²) in [5.41, 5.74) is 0. The Labute approximate surface area is 114 Å². The van der Waals surface area contributed by atoms with Crippen molar-refractivity contribution in [2.45, 2.75) is 39.3 Å². The monoisotopic (exact) mass is 272 g/mol. The molecule has 0 saturated carbocycles. The molecule has 1 N–H and O–H groups in total. The van der Waals surface area contributed by atoms with Gasteiger partial charge >= 0.3 is 0 Å². The van der Waals surface area contributed by atoms with Crippen LogP contribution in [0.15, 0.2) is 0 Å². The summed E-state index contributed by atoms with van der Waals surface area (Å²) in [5, 5.41) is 4.18. The van der Waals surface area contributed by atoms with Gasteiger partial charge in [0.2, 0.25) is 5.13 Å². The van der Waals surface area contributed by atoms with Crippen molar-refractivity contribution >= 4 is 16.7 Å². The molecule has 0 aliphatic rings. The van der Waals surface area contributed by atoms with Crippen molar-refractivity contribution in [2.75, 3.05) is 32.6 Å². The van der Waals surface area contributed by atoms with Crippen molar-refractivity contribution in [3.8, 4) is 0 Å².